The van der Waals surface area contributed by atoms with Crippen LogP contribution >= 0.6 is 0 Å². The Labute approximate surface area is 104 Å². The summed E-state index contributed by atoms with van der Waals surface area (Å²) in [5.74, 6) is -0.0862. The molecule has 18 heavy (non-hydrogen) atoms. The first-order chi connectivity index (χ1) is 8.63. The predicted octanol–water partition coefficient (Wildman–Crippen LogP) is 0.549. The van der Waals surface area contributed by atoms with Gasteiger partial charge in [-0.3, -0.25) is 4.99 Å². The van der Waals surface area contributed by atoms with Crippen molar-refractivity contribution in [3.8, 4) is 5.88 Å². The highest BCUT2D eigenvalue weighted by molar-refractivity contribution is 5.76. The lowest BCUT2D eigenvalue weighted by molar-refractivity contribution is -0.672. The number of hydrogen-bond acceptors (Lipinski definition) is 3. The van der Waals surface area contributed by atoms with Gasteiger partial charge in [-0.25, -0.2) is 4.79 Å². The largest absolute Gasteiger partial charge is 0.478 e. The Morgan fingerprint density at radius 3 is 3.11 bits per heavy atom. The predicted molar refractivity (Wildman–Crippen MR) is 69.1 cm³/mol. The van der Waals surface area contributed by atoms with Gasteiger partial charge in [0.2, 0.25) is 0 Å². The van der Waals surface area contributed by atoms with Gasteiger partial charge in [0.25, 0.3) is 11.5 Å². The van der Waals surface area contributed by atoms with Crippen molar-refractivity contribution < 1.29 is 9.67 Å². The Kier molecular flexibility index (Phi) is 3.23. The minimum atomic E-state index is -0.269. The number of fused-ring (bicyclic) bond motifs is 1. The fraction of sp³-hybridized carbons (Fsp3) is 0.154. The van der Waals surface area contributed by atoms with Crippen LogP contribution in [0.25, 0.3) is 5.65 Å². The third kappa shape index (κ3) is 2.15. The maximum atomic E-state index is 11.7. The summed E-state index contributed by atoms with van der Waals surface area (Å²) in [5.41, 5.74) is 1.07. The third-order valence-electron chi connectivity index (χ3n) is 2.55. The molecule has 0 aliphatic carbocycles. The molecule has 0 radical (unpaired) electrons. The van der Waals surface area contributed by atoms with Gasteiger partial charge in [-0.15, -0.1) is 0 Å². The van der Waals surface area contributed by atoms with E-state index in [-0.39, 0.29) is 11.4 Å². The highest BCUT2D eigenvalue weighted by Crippen LogP contribution is 2.03. The van der Waals surface area contributed by atoms with Crippen molar-refractivity contribution >= 4 is 11.9 Å². The van der Waals surface area contributed by atoms with Crippen LogP contribution in [-0.2, 0) is 6.54 Å². The van der Waals surface area contributed by atoms with E-state index in [1.807, 2.05) is 0 Å². The molecule has 0 atom stereocenters. The van der Waals surface area contributed by atoms with Crippen molar-refractivity contribution in [1.29, 1.82) is 0 Å². The zero-order chi connectivity index (χ0) is 13.1. The van der Waals surface area contributed by atoms with Crippen LogP contribution in [0.5, 0.6) is 5.88 Å². The molecule has 2 aromatic heterocycles. The summed E-state index contributed by atoms with van der Waals surface area (Å²) >= 11 is 0. The Balaban J connectivity index is 2.63. The van der Waals surface area contributed by atoms with Crippen molar-refractivity contribution in [3.05, 3.63) is 53.0 Å². The van der Waals surface area contributed by atoms with Gasteiger partial charge in [-0.2, -0.15) is 8.97 Å². The van der Waals surface area contributed by atoms with Crippen molar-refractivity contribution in [1.82, 2.24) is 4.40 Å². The van der Waals surface area contributed by atoms with E-state index in [4.69, 9.17) is 0 Å². The zero-order valence-electron chi connectivity index (χ0n) is 10.1. The molecule has 5 nitrogen and oxygen atoms in total. The molecule has 0 amide bonds. The van der Waals surface area contributed by atoms with E-state index in [0.29, 0.717) is 12.2 Å². The van der Waals surface area contributed by atoms with Crippen LogP contribution in [0.4, 0.5) is 0 Å². The average Bonchev–Trinajstić information content (AvgIpc) is 2.35. The maximum Gasteiger partial charge on any atom is 0.346 e. The summed E-state index contributed by atoms with van der Waals surface area (Å²) < 4.78 is 3.07. The van der Waals surface area contributed by atoms with Gasteiger partial charge in [-0.05, 0) is 6.07 Å². The molecule has 2 aromatic rings. The van der Waals surface area contributed by atoms with Gasteiger partial charge in [0.05, 0.1) is 6.20 Å². The molecular formula is C13H14N3O2+. The number of rotatable bonds is 3. The summed E-state index contributed by atoms with van der Waals surface area (Å²) in [6, 6.07) is 6.51. The second-order valence-electron chi connectivity index (χ2n) is 3.90. The maximum absolute atomic E-state index is 11.7. The van der Waals surface area contributed by atoms with Crippen LogP contribution in [0.3, 0.4) is 0 Å². The number of aromatic hydroxyl groups is 1. The molecule has 0 saturated heterocycles. The smallest absolute Gasteiger partial charge is 0.346 e. The van der Waals surface area contributed by atoms with E-state index >= 15 is 0 Å². The number of pyridine rings is 1. The van der Waals surface area contributed by atoms with Crippen LogP contribution in [0.1, 0.15) is 0 Å². The SMILES string of the molecule is C=C(C=NC)C[n+]1c(O)cc(=O)n2ccccc21. The Morgan fingerprint density at radius 2 is 2.39 bits per heavy atom. The van der Waals surface area contributed by atoms with Crippen LogP contribution < -0.4 is 10.1 Å². The molecule has 0 bridgehead atoms. The molecule has 0 aliphatic rings. The van der Waals surface area contributed by atoms with Crippen molar-refractivity contribution in [2.45, 2.75) is 6.54 Å². The molecule has 2 heterocycles. The van der Waals surface area contributed by atoms with E-state index in [2.05, 4.69) is 11.6 Å². The average molecular weight is 244 g/mol. The third-order valence-corrected chi connectivity index (χ3v) is 2.55. The molecule has 0 aliphatic heterocycles. The molecule has 0 spiro atoms. The zero-order valence-corrected chi connectivity index (χ0v) is 10.1. The summed E-state index contributed by atoms with van der Waals surface area (Å²) in [6.45, 7) is 4.21. The molecule has 0 aromatic carbocycles. The lowest BCUT2D eigenvalue weighted by Gasteiger charge is -2.05. The Morgan fingerprint density at radius 1 is 1.61 bits per heavy atom. The van der Waals surface area contributed by atoms with Crippen LogP contribution in [0.15, 0.2) is 52.4 Å². The van der Waals surface area contributed by atoms with Crippen LogP contribution in [-0.4, -0.2) is 22.8 Å². The number of aromatic nitrogens is 2. The van der Waals surface area contributed by atoms with Gasteiger partial charge in [0.1, 0.15) is 12.6 Å². The molecule has 92 valence electrons. The van der Waals surface area contributed by atoms with Gasteiger partial charge in [0.15, 0.2) is 0 Å². The molecule has 0 saturated carbocycles. The molecule has 0 unspecified atom stereocenters. The normalized spacial score (nSPS) is 11.2. The van der Waals surface area contributed by atoms with Crippen molar-refractivity contribution in [2.24, 2.45) is 4.99 Å². The van der Waals surface area contributed by atoms with Crippen molar-refractivity contribution in [2.75, 3.05) is 7.05 Å². The van der Waals surface area contributed by atoms with Gasteiger partial charge in [0, 0.05) is 24.9 Å². The first-order valence-electron chi connectivity index (χ1n) is 5.46. The molecule has 2 rings (SSSR count). The minimum Gasteiger partial charge on any atom is -0.478 e. The lowest BCUT2D eigenvalue weighted by atomic mass is 10.3. The van der Waals surface area contributed by atoms with Crippen LogP contribution in [0, 0.1) is 0 Å². The first kappa shape index (κ1) is 12.0. The topological polar surface area (TPSA) is 58.0 Å². The fourth-order valence-electron chi connectivity index (χ4n) is 1.80. The van der Waals surface area contributed by atoms with E-state index < -0.39 is 0 Å². The molecule has 0 fully saturated rings. The summed E-state index contributed by atoms with van der Waals surface area (Å²) in [5, 5.41) is 9.87. The van der Waals surface area contributed by atoms with E-state index in [9.17, 15) is 9.90 Å². The second-order valence-corrected chi connectivity index (χ2v) is 3.90. The number of allylic oxidation sites excluding steroid dienone is 1. The van der Waals surface area contributed by atoms with E-state index in [0.717, 1.165) is 5.57 Å². The molecule has 1 N–H and O–H groups in total. The molecular weight excluding hydrogens is 230 g/mol. The summed E-state index contributed by atoms with van der Waals surface area (Å²) in [6.07, 6.45) is 3.28. The second kappa shape index (κ2) is 4.83. The standard InChI is InChI=1S/C13H13N3O2/c1-10(8-14-2)9-16-11-5-3-4-6-15(11)12(17)7-13(16)18/h3-8H,1,9H2,2H3/p+1. The van der Waals surface area contributed by atoms with Crippen LogP contribution in [0.2, 0.25) is 0 Å². The minimum absolute atomic E-state index is 0.0862. The Hall–Kier alpha value is -2.43. The van der Waals surface area contributed by atoms with Gasteiger partial charge in [-0.1, -0.05) is 12.6 Å². The molecule has 5 heteroatoms. The Bertz CT molecular complexity index is 686. The van der Waals surface area contributed by atoms with E-state index in [1.165, 1.54) is 10.5 Å². The quantitative estimate of drug-likeness (QED) is 0.633. The summed E-state index contributed by atoms with van der Waals surface area (Å²) in [7, 11) is 1.66. The fourth-order valence-corrected chi connectivity index (χ4v) is 1.80. The number of aliphatic imine (C=N–C) groups is 1. The highest BCUT2D eigenvalue weighted by Gasteiger charge is 2.15. The number of nitrogens with zero attached hydrogens (tertiary/aromatic N) is 3. The van der Waals surface area contributed by atoms with Gasteiger partial charge >= 0.3 is 5.56 Å². The van der Waals surface area contributed by atoms with Gasteiger partial charge < -0.3 is 5.11 Å². The highest BCUT2D eigenvalue weighted by atomic mass is 16.3. The first-order valence-corrected chi connectivity index (χ1v) is 5.46. The number of hydrogen-bond donors (Lipinski definition) is 1. The monoisotopic (exact) mass is 244 g/mol. The lowest BCUT2D eigenvalue weighted by Crippen LogP contribution is -2.40. The summed E-state index contributed by atoms with van der Waals surface area (Å²) in [4.78, 5) is 15.6. The van der Waals surface area contributed by atoms with E-state index in [1.54, 1.807) is 42.2 Å². The van der Waals surface area contributed by atoms with Crippen molar-refractivity contribution in [3.63, 3.8) is 0 Å².